The van der Waals surface area contributed by atoms with Crippen molar-refractivity contribution >= 4 is 29.4 Å². The largest absolute Gasteiger partial charge is 0.480 e. The number of aliphatic hydroxyl groups excluding tert-OH is 3. The minimum absolute atomic E-state index is 0.145. The van der Waals surface area contributed by atoms with Crippen LogP contribution >= 0.6 is 11.8 Å². The molecule has 1 amide bonds. The first-order valence-corrected chi connectivity index (χ1v) is 10.1. The van der Waals surface area contributed by atoms with E-state index in [1.54, 1.807) is 19.1 Å². The monoisotopic (exact) mass is 477 g/mol. The van der Waals surface area contributed by atoms with Crippen LogP contribution in [0.2, 0.25) is 0 Å². The summed E-state index contributed by atoms with van der Waals surface area (Å²) in [6, 6.07) is 4.53. The standard InChI is InChI=1S/C18H23NO12S/c1-7-2-4-8(5-3-7)12(22)19-9(13(23)24)6-32-16-17(27,15(26)18(28,29)30)11(21)10(20)14(25)31-16/h2-5,9-11,14,16,20-21,25,27-30H,6H2,1H3,(H,19,22)(H,23,24)/t9-,10+,11-,14-,16?,17+/m0/s1. The minimum Gasteiger partial charge on any atom is -0.480 e. The molecule has 32 heavy (non-hydrogen) atoms. The van der Waals surface area contributed by atoms with Gasteiger partial charge < -0.3 is 50.9 Å². The maximum Gasteiger partial charge on any atom is 0.342 e. The molecule has 1 aromatic rings. The number of ketones is 1. The van der Waals surface area contributed by atoms with Crippen molar-refractivity contribution in [3.8, 4) is 0 Å². The molecule has 178 valence electrons. The number of hydrogen-bond donors (Lipinski definition) is 9. The molecular weight excluding hydrogens is 454 g/mol. The van der Waals surface area contributed by atoms with E-state index in [0.717, 1.165) is 5.56 Å². The molecule has 0 radical (unpaired) electrons. The number of amides is 1. The highest BCUT2D eigenvalue weighted by Crippen LogP contribution is 2.38. The Morgan fingerprint density at radius 3 is 2.22 bits per heavy atom. The van der Waals surface area contributed by atoms with Gasteiger partial charge in [-0.05, 0) is 19.1 Å². The third-order valence-electron chi connectivity index (χ3n) is 4.69. The number of aryl methyl sites for hydroxylation is 1. The predicted molar refractivity (Wildman–Crippen MR) is 105 cm³/mol. The van der Waals surface area contributed by atoms with Gasteiger partial charge in [-0.25, -0.2) is 4.79 Å². The van der Waals surface area contributed by atoms with Crippen molar-refractivity contribution in [2.75, 3.05) is 5.75 Å². The van der Waals surface area contributed by atoms with Crippen LogP contribution in [0.25, 0.3) is 0 Å². The quantitative estimate of drug-likeness (QED) is 0.164. The number of Topliss-reactive ketones (excluding diaryl/α,β-unsaturated/α-hetero) is 1. The molecule has 0 aromatic heterocycles. The van der Waals surface area contributed by atoms with Crippen LogP contribution in [0.15, 0.2) is 24.3 Å². The van der Waals surface area contributed by atoms with Crippen LogP contribution in [0.4, 0.5) is 0 Å². The Kier molecular flexibility index (Phi) is 7.98. The van der Waals surface area contributed by atoms with E-state index < -0.39 is 65.0 Å². The molecule has 1 aliphatic rings. The van der Waals surface area contributed by atoms with E-state index in [4.69, 9.17) is 20.1 Å². The first-order chi connectivity index (χ1) is 14.7. The number of nitrogens with one attached hydrogen (secondary N) is 1. The fraction of sp³-hybridized carbons (Fsp3) is 0.500. The van der Waals surface area contributed by atoms with Crippen LogP contribution < -0.4 is 5.32 Å². The van der Waals surface area contributed by atoms with Crippen molar-refractivity contribution in [2.24, 2.45) is 0 Å². The average molecular weight is 477 g/mol. The Morgan fingerprint density at radius 1 is 1.16 bits per heavy atom. The maximum atomic E-state index is 12.3. The molecule has 1 aliphatic heterocycles. The molecule has 9 N–H and O–H groups in total. The summed E-state index contributed by atoms with van der Waals surface area (Å²) in [7, 11) is 0. The molecule has 6 atom stereocenters. The van der Waals surface area contributed by atoms with Gasteiger partial charge in [0.25, 0.3) is 11.7 Å². The fourth-order valence-corrected chi connectivity index (χ4v) is 4.13. The fourth-order valence-electron chi connectivity index (χ4n) is 2.85. The molecule has 2 rings (SSSR count). The highest BCUT2D eigenvalue weighted by atomic mass is 32.2. The Balaban J connectivity index is 2.22. The molecule has 1 aromatic carbocycles. The topological polar surface area (TPSA) is 234 Å². The van der Waals surface area contributed by atoms with Crippen LogP contribution in [0.3, 0.4) is 0 Å². The number of hydrogen-bond acceptors (Lipinski definition) is 12. The summed E-state index contributed by atoms with van der Waals surface area (Å²) in [6.07, 6.45) is -7.02. The number of aliphatic hydroxyl groups is 7. The zero-order valence-corrected chi connectivity index (χ0v) is 17.3. The van der Waals surface area contributed by atoms with Crippen molar-refractivity contribution in [2.45, 2.75) is 48.5 Å². The number of benzene rings is 1. The Hall–Kier alpha value is -2.14. The van der Waals surface area contributed by atoms with Gasteiger partial charge in [-0.1, -0.05) is 17.7 Å². The van der Waals surface area contributed by atoms with Gasteiger partial charge in [0.15, 0.2) is 11.9 Å². The molecule has 0 spiro atoms. The maximum absolute atomic E-state index is 12.3. The molecule has 1 unspecified atom stereocenters. The minimum atomic E-state index is -4.16. The van der Waals surface area contributed by atoms with Crippen molar-refractivity contribution in [3.05, 3.63) is 35.4 Å². The van der Waals surface area contributed by atoms with Crippen LogP contribution in [0, 0.1) is 6.92 Å². The van der Waals surface area contributed by atoms with Crippen LogP contribution in [0.1, 0.15) is 15.9 Å². The Morgan fingerprint density at radius 2 is 1.72 bits per heavy atom. The van der Waals surface area contributed by atoms with E-state index >= 15 is 0 Å². The summed E-state index contributed by atoms with van der Waals surface area (Å²) in [5.41, 5.74) is -4.47. The van der Waals surface area contributed by atoms with Gasteiger partial charge in [0.05, 0.1) is 0 Å². The second-order valence-corrected chi connectivity index (χ2v) is 8.24. The van der Waals surface area contributed by atoms with Gasteiger partial charge >= 0.3 is 11.9 Å². The lowest BCUT2D eigenvalue weighted by molar-refractivity contribution is -0.324. The van der Waals surface area contributed by atoms with Gasteiger partial charge in [-0.3, -0.25) is 9.59 Å². The normalized spacial score (nSPS) is 29.2. The van der Waals surface area contributed by atoms with Crippen molar-refractivity contribution in [3.63, 3.8) is 0 Å². The van der Waals surface area contributed by atoms with Crippen molar-refractivity contribution in [1.82, 2.24) is 5.32 Å². The number of carboxylic acids is 1. The molecular formula is C18H23NO12S. The van der Waals surface area contributed by atoms with Gasteiger partial charge in [0, 0.05) is 11.3 Å². The zero-order chi connectivity index (χ0) is 24.4. The lowest BCUT2D eigenvalue weighted by Gasteiger charge is -2.46. The summed E-state index contributed by atoms with van der Waals surface area (Å²) in [5.74, 6) is -9.25. The number of carbonyl (C=O) groups is 3. The predicted octanol–water partition coefficient (Wildman–Crippen LogP) is -3.76. The van der Waals surface area contributed by atoms with E-state index in [-0.39, 0.29) is 17.3 Å². The highest BCUT2D eigenvalue weighted by Gasteiger charge is 2.63. The van der Waals surface area contributed by atoms with Gasteiger partial charge in [-0.2, -0.15) is 0 Å². The van der Waals surface area contributed by atoms with Gasteiger partial charge in [-0.15, -0.1) is 11.8 Å². The number of aliphatic carboxylic acids is 1. The lowest BCUT2D eigenvalue weighted by Crippen LogP contribution is -2.72. The van der Waals surface area contributed by atoms with Crippen LogP contribution in [-0.4, -0.2) is 106 Å². The molecule has 14 heteroatoms. The summed E-state index contributed by atoms with van der Waals surface area (Å²) in [5, 5.41) is 79.1. The smallest absolute Gasteiger partial charge is 0.342 e. The molecule has 1 fully saturated rings. The molecule has 0 bridgehead atoms. The Bertz CT molecular complexity index is 857. The first kappa shape index (κ1) is 26.1. The summed E-state index contributed by atoms with van der Waals surface area (Å²) >= 11 is 0.281. The van der Waals surface area contributed by atoms with Gasteiger partial charge in [0.2, 0.25) is 0 Å². The van der Waals surface area contributed by atoms with Crippen LogP contribution in [-0.2, 0) is 14.3 Å². The number of ether oxygens (including phenoxy) is 1. The van der Waals surface area contributed by atoms with Crippen molar-refractivity contribution in [1.29, 1.82) is 0 Å². The van der Waals surface area contributed by atoms with E-state index in [0.29, 0.717) is 0 Å². The zero-order valence-electron chi connectivity index (χ0n) is 16.5. The molecule has 1 heterocycles. The SMILES string of the molecule is Cc1ccc(C(=O)N[C@@H](CSC2O[C@H](O)[C@H](O)[C@H](O)[C@@]2(O)C(=O)C(O)(O)O)C(=O)O)cc1. The summed E-state index contributed by atoms with van der Waals surface area (Å²) < 4.78 is 4.83. The summed E-state index contributed by atoms with van der Waals surface area (Å²) in [4.78, 5) is 36.0. The Labute approximate surface area is 184 Å². The van der Waals surface area contributed by atoms with Crippen molar-refractivity contribution < 1.29 is 60.0 Å². The second kappa shape index (κ2) is 9.78. The molecule has 13 nitrogen and oxygen atoms in total. The third-order valence-corrected chi connectivity index (χ3v) is 5.99. The third kappa shape index (κ3) is 5.43. The average Bonchev–Trinajstić information content (AvgIpc) is 2.71. The highest BCUT2D eigenvalue weighted by molar-refractivity contribution is 7.99. The molecule has 0 aliphatic carbocycles. The number of carbonyl (C=O) groups excluding carboxylic acids is 2. The van der Waals surface area contributed by atoms with Gasteiger partial charge in [0.1, 0.15) is 23.7 Å². The van der Waals surface area contributed by atoms with E-state index in [1.165, 1.54) is 12.1 Å². The van der Waals surface area contributed by atoms with E-state index in [9.17, 15) is 39.9 Å². The van der Waals surface area contributed by atoms with E-state index in [2.05, 4.69) is 5.32 Å². The van der Waals surface area contributed by atoms with Crippen LogP contribution in [0.5, 0.6) is 0 Å². The number of carboxylic acid groups (broad SMARTS) is 1. The summed E-state index contributed by atoms with van der Waals surface area (Å²) in [6.45, 7) is 1.78. The van der Waals surface area contributed by atoms with E-state index in [1.807, 2.05) is 0 Å². The molecule has 0 saturated carbocycles. The second-order valence-electron chi connectivity index (χ2n) is 7.15. The first-order valence-electron chi connectivity index (χ1n) is 9.05. The number of thioether (sulfide) groups is 1. The number of rotatable bonds is 8. The molecule has 1 saturated heterocycles. The lowest BCUT2D eigenvalue weighted by atomic mass is 9.85.